The van der Waals surface area contributed by atoms with Crippen LogP contribution >= 0.6 is 0 Å². The average molecular weight is 409 g/mol. The lowest BCUT2D eigenvalue weighted by molar-refractivity contribution is -0.132. The first-order valence-electron chi connectivity index (χ1n) is 10.4. The largest absolute Gasteiger partial charge is 0.497 e. The Morgan fingerprint density at radius 2 is 1.80 bits per heavy atom. The van der Waals surface area contributed by atoms with Crippen molar-refractivity contribution in [2.24, 2.45) is 0 Å². The number of hydrogen-bond acceptors (Lipinski definition) is 5. The maximum atomic E-state index is 12.7. The number of aromatic amines is 1. The van der Waals surface area contributed by atoms with Crippen LogP contribution in [0.25, 0.3) is 11.0 Å². The van der Waals surface area contributed by atoms with Crippen molar-refractivity contribution in [1.29, 1.82) is 0 Å². The molecular formula is C23H28N4O3. The van der Waals surface area contributed by atoms with Crippen LogP contribution in [-0.4, -0.2) is 65.6 Å². The van der Waals surface area contributed by atoms with E-state index in [1.54, 1.807) is 7.11 Å². The number of methoxy groups -OCH3 is 1. The van der Waals surface area contributed by atoms with Gasteiger partial charge in [0.15, 0.2) is 0 Å². The Kier molecular flexibility index (Phi) is 6.18. The van der Waals surface area contributed by atoms with Gasteiger partial charge in [0.25, 0.3) is 0 Å². The number of carbonyl (C=O) groups is 1. The third kappa shape index (κ3) is 4.74. The molecule has 7 heteroatoms. The topological polar surface area (TPSA) is 70.7 Å². The summed E-state index contributed by atoms with van der Waals surface area (Å²) in [7, 11) is 1.66. The highest BCUT2D eigenvalue weighted by Gasteiger charge is 2.22. The smallest absolute Gasteiger partial charge is 0.227 e. The van der Waals surface area contributed by atoms with Gasteiger partial charge in [0, 0.05) is 32.2 Å². The molecule has 0 saturated carbocycles. The van der Waals surface area contributed by atoms with Crippen LogP contribution in [0.2, 0.25) is 0 Å². The van der Waals surface area contributed by atoms with E-state index in [1.165, 1.54) is 0 Å². The fourth-order valence-electron chi connectivity index (χ4n) is 3.77. The van der Waals surface area contributed by atoms with Gasteiger partial charge >= 0.3 is 0 Å². The zero-order valence-corrected chi connectivity index (χ0v) is 17.6. The van der Waals surface area contributed by atoms with E-state index in [2.05, 4.69) is 14.9 Å². The molecule has 0 spiro atoms. The Labute approximate surface area is 176 Å². The Morgan fingerprint density at radius 1 is 1.07 bits per heavy atom. The van der Waals surface area contributed by atoms with E-state index in [9.17, 15) is 4.79 Å². The number of aromatic nitrogens is 2. The summed E-state index contributed by atoms with van der Waals surface area (Å²) in [5, 5.41) is 0. The molecule has 2 heterocycles. The van der Waals surface area contributed by atoms with Crippen molar-refractivity contribution in [2.45, 2.75) is 19.9 Å². The van der Waals surface area contributed by atoms with Gasteiger partial charge in [-0.3, -0.25) is 9.69 Å². The van der Waals surface area contributed by atoms with Gasteiger partial charge < -0.3 is 19.4 Å². The van der Waals surface area contributed by atoms with Gasteiger partial charge in [-0.1, -0.05) is 12.1 Å². The highest BCUT2D eigenvalue weighted by Crippen LogP contribution is 2.20. The van der Waals surface area contributed by atoms with Crippen molar-refractivity contribution >= 4 is 16.9 Å². The molecule has 0 aliphatic carbocycles. The average Bonchev–Trinajstić information content (AvgIpc) is 3.17. The summed E-state index contributed by atoms with van der Waals surface area (Å²) in [6, 6.07) is 13.6. The number of benzene rings is 2. The van der Waals surface area contributed by atoms with Crippen LogP contribution in [0, 0.1) is 0 Å². The van der Waals surface area contributed by atoms with Gasteiger partial charge in [-0.2, -0.15) is 0 Å². The summed E-state index contributed by atoms with van der Waals surface area (Å²) in [6.45, 7) is 6.52. The van der Waals surface area contributed by atoms with Crippen molar-refractivity contribution in [3.05, 3.63) is 53.9 Å². The van der Waals surface area contributed by atoms with Gasteiger partial charge in [0.1, 0.15) is 17.3 Å². The van der Waals surface area contributed by atoms with Gasteiger partial charge in [-0.25, -0.2) is 4.98 Å². The van der Waals surface area contributed by atoms with Gasteiger partial charge in [-0.15, -0.1) is 0 Å². The van der Waals surface area contributed by atoms with Crippen LogP contribution in [0.5, 0.6) is 11.5 Å². The van der Waals surface area contributed by atoms with Crippen LogP contribution in [-0.2, 0) is 17.8 Å². The molecule has 7 nitrogen and oxygen atoms in total. The highest BCUT2D eigenvalue weighted by molar-refractivity contribution is 5.79. The number of amides is 1. The Hall–Kier alpha value is -3.06. The summed E-state index contributed by atoms with van der Waals surface area (Å²) in [5.74, 6) is 2.77. The zero-order valence-electron chi connectivity index (χ0n) is 17.6. The molecule has 1 aromatic heterocycles. The lowest BCUT2D eigenvalue weighted by Gasteiger charge is -2.34. The lowest BCUT2D eigenvalue weighted by Crippen LogP contribution is -2.48. The number of hydrogen-bond donors (Lipinski definition) is 1. The van der Waals surface area contributed by atoms with Crippen LogP contribution in [0.15, 0.2) is 42.5 Å². The molecule has 3 aromatic rings. The van der Waals surface area contributed by atoms with Crippen LogP contribution in [0.4, 0.5) is 0 Å². The van der Waals surface area contributed by atoms with E-state index in [-0.39, 0.29) is 5.91 Å². The quantitative estimate of drug-likeness (QED) is 0.651. The molecule has 4 rings (SSSR count). The molecule has 0 unspecified atom stereocenters. The Bertz CT molecular complexity index is 991. The second kappa shape index (κ2) is 9.17. The molecule has 2 aromatic carbocycles. The fourth-order valence-corrected chi connectivity index (χ4v) is 3.77. The predicted octanol–water partition coefficient (Wildman–Crippen LogP) is 2.86. The number of nitrogens with zero attached hydrogens (tertiary/aromatic N) is 3. The third-order valence-electron chi connectivity index (χ3n) is 5.43. The molecule has 0 bridgehead atoms. The first kappa shape index (κ1) is 20.2. The number of nitrogens with one attached hydrogen (secondary N) is 1. The molecule has 1 N–H and O–H groups in total. The van der Waals surface area contributed by atoms with Crippen LogP contribution < -0.4 is 9.47 Å². The first-order valence-corrected chi connectivity index (χ1v) is 10.4. The maximum Gasteiger partial charge on any atom is 0.227 e. The first-order chi connectivity index (χ1) is 14.6. The minimum absolute atomic E-state index is 0.176. The summed E-state index contributed by atoms with van der Waals surface area (Å²) >= 11 is 0. The van der Waals surface area contributed by atoms with Crippen molar-refractivity contribution in [1.82, 2.24) is 19.8 Å². The molecular weight excluding hydrogens is 380 g/mol. The summed E-state index contributed by atoms with van der Waals surface area (Å²) in [5.41, 5.74) is 2.94. The van der Waals surface area contributed by atoms with Crippen molar-refractivity contribution < 1.29 is 14.3 Å². The predicted molar refractivity (Wildman–Crippen MR) is 116 cm³/mol. The Morgan fingerprint density at radius 3 is 2.50 bits per heavy atom. The van der Waals surface area contributed by atoms with Gasteiger partial charge in [-0.05, 0) is 36.8 Å². The molecule has 1 aliphatic heterocycles. The van der Waals surface area contributed by atoms with Gasteiger partial charge in [0.05, 0.1) is 37.7 Å². The molecule has 1 saturated heterocycles. The lowest BCUT2D eigenvalue weighted by atomic mass is 10.1. The highest BCUT2D eigenvalue weighted by atomic mass is 16.5. The van der Waals surface area contributed by atoms with E-state index < -0.39 is 0 Å². The van der Waals surface area contributed by atoms with E-state index in [0.29, 0.717) is 13.0 Å². The molecule has 30 heavy (non-hydrogen) atoms. The molecule has 158 valence electrons. The molecule has 1 fully saturated rings. The van der Waals surface area contributed by atoms with E-state index in [4.69, 9.17) is 9.47 Å². The molecule has 0 atom stereocenters. The van der Waals surface area contributed by atoms with Gasteiger partial charge in [0.2, 0.25) is 5.91 Å². The summed E-state index contributed by atoms with van der Waals surface area (Å²) < 4.78 is 10.7. The minimum Gasteiger partial charge on any atom is -0.497 e. The van der Waals surface area contributed by atoms with E-state index >= 15 is 0 Å². The van der Waals surface area contributed by atoms with Crippen LogP contribution in [0.1, 0.15) is 18.3 Å². The second-order valence-electron chi connectivity index (χ2n) is 7.48. The zero-order chi connectivity index (χ0) is 20.9. The van der Waals surface area contributed by atoms with Crippen molar-refractivity contribution in [2.75, 3.05) is 39.9 Å². The van der Waals surface area contributed by atoms with Crippen molar-refractivity contribution in [3.8, 4) is 11.5 Å². The normalized spacial score (nSPS) is 14.8. The monoisotopic (exact) mass is 408 g/mol. The molecule has 1 amide bonds. The number of imidazole rings is 1. The summed E-state index contributed by atoms with van der Waals surface area (Å²) in [4.78, 5) is 25.0. The maximum absolute atomic E-state index is 12.7. The fraction of sp³-hybridized carbons (Fsp3) is 0.391. The standard InChI is InChI=1S/C23H28N4O3/c1-3-30-18-6-4-17(5-7-18)14-23(28)27-12-10-26(11-13-27)16-22-24-20-9-8-19(29-2)15-21(20)25-22/h4-9,15H,3,10-14,16H2,1-2H3,(H,24,25). The Balaban J connectivity index is 1.28. The van der Waals surface area contributed by atoms with E-state index in [0.717, 1.165) is 66.6 Å². The molecule has 1 aliphatic rings. The number of carbonyl (C=O) groups excluding carboxylic acids is 1. The van der Waals surface area contributed by atoms with E-state index in [1.807, 2.05) is 54.3 Å². The SMILES string of the molecule is CCOc1ccc(CC(=O)N2CCN(Cc3nc4ccc(OC)cc4[nH]3)CC2)cc1. The van der Waals surface area contributed by atoms with Crippen LogP contribution in [0.3, 0.4) is 0 Å². The minimum atomic E-state index is 0.176. The number of ether oxygens (including phenoxy) is 2. The second-order valence-corrected chi connectivity index (χ2v) is 7.48. The summed E-state index contributed by atoms with van der Waals surface area (Å²) in [6.07, 6.45) is 0.428. The number of fused-ring (bicyclic) bond motifs is 1. The third-order valence-corrected chi connectivity index (χ3v) is 5.43. The number of piperazine rings is 1. The molecule has 0 radical (unpaired) electrons. The number of H-pyrrole nitrogens is 1. The number of rotatable bonds is 7. The van der Waals surface area contributed by atoms with Crippen molar-refractivity contribution in [3.63, 3.8) is 0 Å².